The molecule has 0 bridgehead atoms. The topological polar surface area (TPSA) is 139 Å². The summed E-state index contributed by atoms with van der Waals surface area (Å²) in [6, 6.07) is 3.64. The molecule has 10 nitrogen and oxygen atoms in total. The van der Waals surface area contributed by atoms with Crippen molar-refractivity contribution in [2.24, 2.45) is 0 Å². The van der Waals surface area contributed by atoms with Crippen molar-refractivity contribution in [1.29, 1.82) is 0 Å². The van der Waals surface area contributed by atoms with Gasteiger partial charge in [-0.05, 0) is 12.1 Å². The Labute approximate surface area is 141 Å². The number of aliphatic hydroxyl groups is 3. The molecule has 10 heteroatoms. The van der Waals surface area contributed by atoms with Gasteiger partial charge in [-0.1, -0.05) is 0 Å². The monoisotopic (exact) mass is 347 g/mol. The van der Waals surface area contributed by atoms with E-state index in [0.717, 1.165) is 5.76 Å². The summed E-state index contributed by atoms with van der Waals surface area (Å²) in [5.74, 6) is 1.31. The van der Waals surface area contributed by atoms with Crippen molar-refractivity contribution in [3.63, 3.8) is 0 Å². The number of ether oxygens (including phenoxy) is 1. The largest absolute Gasteiger partial charge is 0.467 e. The number of furan rings is 1. The van der Waals surface area contributed by atoms with E-state index in [0.29, 0.717) is 23.4 Å². The second-order valence-electron chi connectivity index (χ2n) is 5.71. The molecule has 1 saturated heterocycles. The number of hydrogen-bond acceptors (Lipinski definition) is 9. The minimum absolute atomic E-state index is 0.404. The first-order chi connectivity index (χ1) is 12.2. The second kappa shape index (κ2) is 6.41. The number of hydrogen-bond donors (Lipinski definition) is 4. The molecule has 0 saturated carbocycles. The Kier molecular flexibility index (Phi) is 4.09. The summed E-state index contributed by atoms with van der Waals surface area (Å²) in [7, 11) is 0. The maximum Gasteiger partial charge on any atom is 0.181 e. The normalized spacial score (nSPS) is 26.4. The molecule has 0 aromatic carbocycles. The summed E-state index contributed by atoms with van der Waals surface area (Å²) in [4.78, 5) is 8.39. The van der Waals surface area contributed by atoms with Gasteiger partial charge >= 0.3 is 0 Å². The molecule has 0 amide bonds. The SMILES string of the molecule is OC[C@H]1OC(n2ncc3c(NCc4ccco4)ncnc32)[C@H](O)[C@@H]1O. The molecule has 4 atom stereocenters. The lowest BCUT2D eigenvalue weighted by Crippen LogP contribution is -2.33. The van der Waals surface area contributed by atoms with Crippen LogP contribution in [0.5, 0.6) is 0 Å². The van der Waals surface area contributed by atoms with Crippen LogP contribution in [0.15, 0.2) is 35.3 Å². The van der Waals surface area contributed by atoms with Crippen molar-refractivity contribution in [3.8, 4) is 0 Å². The lowest BCUT2D eigenvalue weighted by molar-refractivity contribution is -0.0566. The maximum absolute atomic E-state index is 10.2. The van der Waals surface area contributed by atoms with Crippen LogP contribution in [-0.2, 0) is 11.3 Å². The Morgan fingerprint density at radius 3 is 2.84 bits per heavy atom. The van der Waals surface area contributed by atoms with Gasteiger partial charge in [-0.3, -0.25) is 0 Å². The molecule has 4 N–H and O–H groups in total. The van der Waals surface area contributed by atoms with E-state index in [-0.39, 0.29) is 0 Å². The lowest BCUT2D eigenvalue weighted by Gasteiger charge is -2.15. The average Bonchev–Trinajstić information content (AvgIpc) is 3.34. The van der Waals surface area contributed by atoms with E-state index in [9.17, 15) is 15.3 Å². The smallest absolute Gasteiger partial charge is 0.181 e. The highest BCUT2D eigenvalue weighted by Crippen LogP contribution is 2.31. The summed E-state index contributed by atoms with van der Waals surface area (Å²) < 4.78 is 12.1. The number of anilines is 1. The predicted molar refractivity (Wildman–Crippen MR) is 84.4 cm³/mol. The molecule has 0 radical (unpaired) electrons. The van der Waals surface area contributed by atoms with Crippen LogP contribution in [0.1, 0.15) is 12.0 Å². The summed E-state index contributed by atoms with van der Waals surface area (Å²) in [6.07, 6.45) is 0.255. The van der Waals surface area contributed by atoms with Crippen LogP contribution in [-0.4, -0.2) is 60.0 Å². The second-order valence-corrected chi connectivity index (χ2v) is 5.71. The van der Waals surface area contributed by atoms with E-state index in [2.05, 4.69) is 20.4 Å². The minimum atomic E-state index is -1.23. The quantitative estimate of drug-likeness (QED) is 0.487. The number of aliphatic hydroxyl groups excluding tert-OH is 3. The summed E-state index contributed by atoms with van der Waals surface area (Å²) in [6.45, 7) is 0.0387. The van der Waals surface area contributed by atoms with Crippen LogP contribution in [0.4, 0.5) is 5.82 Å². The van der Waals surface area contributed by atoms with Crippen LogP contribution in [0.25, 0.3) is 11.0 Å². The predicted octanol–water partition coefficient (Wildman–Crippen LogP) is -0.357. The van der Waals surface area contributed by atoms with Crippen LogP contribution >= 0.6 is 0 Å². The summed E-state index contributed by atoms with van der Waals surface area (Å²) in [5.41, 5.74) is 0.437. The Balaban J connectivity index is 1.63. The maximum atomic E-state index is 10.2. The Bertz CT molecular complexity index is 851. The lowest BCUT2D eigenvalue weighted by atomic mass is 10.1. The van der Waals surface area contributed by atoms with Crippen molar-refractivity contribution in [2.45, 2.75) is 31.1 Å². The van der Waals surface area contributed by atoms with E-state index in [1.165, 1.54) is 11.0 Å². The molecule has 4 rings (SSSR count). The molecule has 1 aliphatic heterocycles. The van der Waals surface area contributed by atoms with Crippen molar-refractivity contribution in [3.05, 3.63) is 36.7 Å². The zero-order chi connectivity index (χ0) is 17.4. The van der Waals surface area contributed by atoms with E-state index in [4.69, 9.17) is 9.15 Å². The number of nitrogens with zero attached hydrogens (tertiary/aromatic N) is 4. The molecule has 1 fully saturated rings. The van der Waals surface area contributed by atoms with Gasteiger partial charge in [0.2, 0.25) is 0 Å². The Hall–Kier alpha value is -2.53. The first-order valence-electron chi connectivity index (χ1n) is 7.76. The van der Waals surface area contributed by atoms with Crippen molar-refractivity contribution < 1.29 is 24.5 Å². The highest BCUT2D eigenvalue weighted by atomic mass is 16.6. The van der Waals surface area contributed by atoms with Gasteiger partial charge in [-0.15, -0.1) is 0 Å². The molecular weight excluding hydrogens is 330 g/mol. The van der Waals surface area contributed by atoms with E-state index in [1.54, 1.807) is 18.5 Å². The van der Waals surface area contributed by atoms with Crippen LogP contribution in [0, 0.1) is 0 Å². The zero-order valence-electron chi connectivity index (χ0n) is 13.1. The van der Waals surface area contributed by atoms with Gasteiger partial charge < -0.3 is 29.8 Å². The highest BCUT2D eigenvalue weighted by molar-refractivity contribution is 5.86. The first kappa shape index (κ1) is 16.0. The average molecular weight is 347 g/mol. The van der Waals surface area contributed by atoms with Crippen molar-refractivity contribution in [1.82, 2.24) is 19.7 Å². The van der Waals surface area contributed by atoms with Gasteiger partial charge in [0, 0.05) is 0 Å². The Morgan fingerprint density at radius 1 is 1.24 bits per heavy atom. The fourth-order valence-corrected chi connectivity index (χ4v) is 2.86. The number of rotatable bonds is 5. The number of fused-ring (bicyclic) bond motifs is 1. The van der Waals surface area contributed by atoms with E-state index in [1.807, 2.05) is 6.07 Å². The minimum Gasteiger partial charge on any atom is -0.467 e. The zero-order valence-corrected chi connectivity index (χ0v) is 13.1. The highest BCUT2D eigenvalue weighted by Gasteiger charge is 2.44. The third kappa shape index (κ3) is 2.74. The van der Waals surface area contributed by atoms with Crippen molar-refractivity contribution in [2.75, 3.05) is 11.9 Å². The molecule has 1 aliphatic rings. The van der Waals surface area contributed by atoms with E-state index < -0.39 is 31.1 Å². The summed E-state index contributed by atoms with van der Waals surface area (Å²) in [5, 5.41) is 37.3. The van der Waals surface area contributed by atoms with Gasteiger partial charge in [-0.2, -0.15) is 5.10 Å². The van der Waals surface area contributed by atoms with Crippen LogP contribution < -0.4 is 5.32 Å². The number of nitrogens with one attached hydrogen (secondary N) is 1. The molecule has 132 valence electrons. The van der Waals surface area contributed by atoms with Gasteiger partial charge in [-0.25, -0.2) is 14.6 Å². The van der Waals surface area contributed by atoms with Gasteiger partial charge in [0.1, 0.15) is 36.2 Å². The number of aromatic nitrogens is 4. The molecule has 25 heavy (non-hydrogen) atoms. The van der Waals surface area contributed by atoms with Crippen LogP contribution in [0.2, 0.25) is 0 Å². The fourth-order valence-electron chi connectivity index (χ4n) is 2.86. The van der Waals surface area contributed by atoms with Gasteiger partial charge in [0.05, 0.1) is 31.0 Å². The standard InChI is InChI=1S/C15H17N5O5/c21-6-10-11(22)12(23)15(25-10)20-14-9(5-19-20)13(17-7-18-14)16-4-8-2-1-3-24-8/h1-3,5,7,10-12,15,21-23H,4,6H2,(H,16,17,18)/t10-,11-,12-,15?/m1/s1. The third-order valence-corrected chi connectivity index (χ3v) is 4.16. The molecule has 3 aromatic rings. The molecule has 4 heterocycles. The molecule has 3 aromatic heterocycles. The molecule has 0 aliphatic carbocycles. The van der Waals surface area contributed by atoms with E-state index >= 15 is 0 Å². The molecular formula is C15H17N5O5. The van der Waals surface area contributed by atoms with Gasteiger partial charge in [0.15, 0.2) is 11.9 Å². The molecule has 1 unspecified atom stereocenters. The summed E-state index contributed by atoms with van der Waals surface area (Å²) >= 11 is 0. The Morgan fingerprint density at radius 2 is 2.12 bits per heavy atom. The van der Waals surface area contributed by atoms with Gasteiger partial charge in [0.25, 0.3) is 0 Å². The van der Waals surface area contributed by atoms with Crippen LogP contribution in [0.3, 0.4) is 0 Å². The fraction of sp³-hybridized carbons (Fsp3) is 0.400. The van der Waals surface area contributed by atoms with Crippen molar-refractivity contribution >= 4 is 16.9 Å². The third-order valence-electron chi connectivity index (χ3n) is 4.16. The molecule has 0 spiro atoms. The first-order valence-corrected chi connectivity index (χ1v) is 7.76.